The largest absolute Gasteiger partial charge is 0.455 e. The Hall–Kier alpha value is -3.68. The zero-order valence-corrected chi connectivity index (χ0v) is 16.8. The van der Waals surface area contributed by atoms with Gasteiger partial charge in [0.1, 0.15) is 0 Å². The van der Waals surface area contributed by atoms with E-state index in [1.165, 1.54) is 0 Å². The number of hydrogen-bond donors (Lipinski definition) is 2. The van der Waals surface area contributed by atoms with E-state index in [0.29, 0.717) is 11.3 Å². The molecule has 1 saturated heterocycles. The van der Waals surface area contributed by atoms with Crippen molar-refractivity contribution in [3.8, 4) is 0 Å². The Morgan fingerprint density at radius 1 is 1.03 bits per heavy atom. The molecule has 1 aliphatic rings. The summed E-state index contributed by atoms with van der Waals surface area (Å²) in [5, 5.41) is 3.84. The maximum Gasteiger partial charge on any atom is 0.311 e. The molecule has 2 aromatic carbocycles. The number of amides is 3. The summed E-state index contributed by atoms with van der Waals surface area (Å²) in [7, 11) is 0. The first-order valence-corrected chi connectivity index (χ1v) is 9.54. The molecule has 0 saturated carbocycles. The van der Waals surface area contributed by atoms with Crippen LogP contribution >= 0.6 is 0 Å². The normalized spacial score (nSPS) is 15.6. The van der Waals surface area contributed by atoms with Crippen LogP contribution in [0.1, 0.15) is 27.9 Å². The van der Waals surface area contributed by atoms with Crippen molar-refractivity contribution in [3.63, 3.8) is 0 Å². The third-order valence-corrected chi connectivity index (χ3v) is 4.82. The van der Waals surface area contributed by atoms with Crippen LogP contribution < -0.4 is 10.7 Å². The van der Waals surface area contributed by atoms with Crippen molar-refractivity contribution < 1.29 is 23.9 Å². The molecule has 3 rings (SSSR count). The number of ether oxygens (including phenoxy) is 1. The number of esters is 1. The highest BCUT2D eigenvalue weighted by atomic mass is 16.5. The van der Waals surface area contributed by atoms with Gasteiger partial charge in [-0.2, -0.15) is 0 Å². The first-order valence-electron chi connectivity index (χ1n) is 9.54. The molecule has 156 valence electrons. The highest BCUT2D eigenvalue weighted by Crippen LogP contribution is 2.20. The molecule has 1 fully saturated rings. The molecule has 0 unspecified atom stereocenters. The molecule has 8 nitrogen and oxygen atoms in total. The molecule has 3 amide bonds. The first kappa shape index (κ1) is 21.0. The summed E-state index contributed by atoms with van der Waals surface area (Å²) in [4.78, 5) is 48.8. The van der Waals surface area contributed by atoms with Crippen molar-refractivity contribution in [2.75, 3.05) is 18.5 Å². The SMILES string of the molecule is Cc1cccc(C)c1NC(=O)COC(=O)[C@@H]1CC(=O)N(NC(=O)c2ccccc2)C1. The van der Waals surface area contributed by atoms with Crippen molar-refractivity contribution in [3.05, 3.63) is 65.2 Å². The van der Waals surface area contributed by atoms with Gasteiger partial charge in [-0.1, -0.05) is 36.4 Å². The topological polar surface area (TPSA) is 105 Å². The minimum atomic E-state index is -0.749. The number of para-hydroxylation sites is 1. The van der Waals surface area contributed by atoms with E-state index in [4.69, 9.17) is 4.74 Å². The minimum absolute atomic E-state index is 0.00520. The fraction of sp³-hybridized carbons (Fsp3) is 0.273. The lowest BCUT2D eigenvalue weighted by atomic mass is 10.1. The summed E-state index contributed by atoms with van der Waals surface area (Å²) >= 11 is 0. The Balaban J connectivity index is 1.49. The van der Waals surface area contributed by atoms with Gasteiger partial charge in [-0.05, 0) is 37.1 Å². The molecule has 2 N–H and O–H groups in total. The second-order valence-corrected chi connectivity index (χ2v) is 7.14. The number of hydrogen-bond acceptors (Lipinski definition) is 5. The molecule has 30 heavy (non-hydrogen) atoms. The van der Waals surface area contributed by atoms with Crippen molar-refractivity contribution in [1.82, 2.24) is 10.4 Å². The molecular formula is C22H23N3O5. The number of rotatable bonds is 6. The zero-order chi connectivity index (χ0) is 21.7. The van der Waals surface area contributed by atoms with E-state index in [-0.39, 0.29) is 18.9 Å². The summed E-state index contributed by atoms with van der Waals surface area (Å²) < 4.78 is 5.08. The molecule has 0 radical (unpaired) electrons. The van der Waals surface area contributed by atoms with Crippen LogP contribution in [0.3, 0.4) is 0 Å². The van der Waals surface area contributed by atoms with Crippen LogP contribution in [0.15, 0.2) is 48.5 Å². The van der Waals surface area contributed by atoms with Gasteiger partial charge in [0.2, 0.25) is 5.91 Å². The number of nitrogens with one attached hydrogen (secondary N) is 2. The standard InChI is InChI=1S/C22H23N3O5/c1-14-7-6-8-15(2)20(14)23-18(26)13-30-22(29)17-11-19(27)25(12-17)24-21(28)16-9-4-3-5-10-16/h3-10,17H,11-13H2,1-2H3,(H,23,26)(H,24,28)/t17-/m1/s1. The van der Waals surface area contributed by atoms with Crippen LogP contribution in [0.25, 0.3) is 0 Å². The molecule has 0 bridgehead atoms. The summed E-state index contributed by atoms with van der Waals surface area (Å²) in [6.45, 7) is 3.29. The molecule has 0 aliphatic carbocycles. The van der Waals surface area contributed by atoms with Crippen molar-refractivity contribution >= 4 is 29.4 Å². The van der Waals surface area contributed by atoms with Crippen molar-refractivity contribution in [1.29, 1.82) is 0 Å². The van der Waals surface area contributed by atoms with Gasteiger partial charge in [-0.25, -0.2) is 0 Å². The van der Waals surface area contributed by atoms with E-state index in [2.05, 4.69) is 10.7 Å². The van der Waals surface area contributed by atoms with Crippen molar-refractivity contribution in [2.24, 2.45) is 5.92 Å². The van der Waals surface area contributed by atoms with Gasteiger partial charge in [0.15, 0.2) is 6.61 Å². The van der Waals surface area contributed by atoms with E-state index < -0.39 is 30.3 Å². The Labute approximate surface area is 174 Å². The number of aryl methyl sites for hydroxylation is 2. The van der Waals surface area contributed by atoms with Crippen LogP contribution in [0.2, 0.25) is 0 Å². The van der Waals surface area contributed by atoms with E-state index >= 15 is 0 Å². The summed E-state index contributed by atoms with van der Waals surface area (Å²) in [6.07, 6.45) is -0.0908. The lowest BCUT2D eigenvalue weighted by molar-refractivity contribution is -0.151. The first-order chi connectivity index (χ1) is 14.3. The molecule has 1 aliphatic heterocycles. The van der Waals surface area contributed by atoms with Crippen LogP contribution in [-0.2, 0) is 19.1 Å². The van der Waals surface area contributed by atoms with Gasteiger partial charge in [0, 0.05) is 17.7 Å². The minimum Gasteiger partial charge on any atom is -0.455 e. The Kier molecular flexibility index (Phi) is 6.46. The van der Waals surface area contributed by atoms with Crippen molar-refractivity contribution in [2.45, 2.75) is 20.3 Å². The van der Waals surface area contributed by atoms with Crippen LogP contribution in [0.4, 0.5) is 5.69 Å². The van der Waals surface area contributed by atoms with Crippen LogP contribution in [0, 0.1) is 19.8 Å². The summed E-state index contributed by atoms with van der Waals surface area (Å²) in [6, 6.07) is 14.1. The van der Waals surface area contributed by atoms with Gasteiger partial charge in [0.05, 0.1) is 12.5 Å². The smallest absolute Gasteiger partial charge is 0.311 e. The van der Waals surface area contributed by atoms with Gasteiger partial charge in [-0.3, -0.25) is 29.6 Å². The van der Waals surface area contributed by atoms with Gasteiger partial charge >= 0.3 is 5.97 Å². The van der Waals surface area contributed by atoms with Crippen LogP contribution in [0.5, 0.6) is 0 Å². The highest BCUT2D eigenvalue weighted by molar-refractivity contribution is 5.97. The molecule has 2 aromatic rings. The second kappa shape index (κ2) is 9.21. The molecular weight excluding hydrogens is 386 g/mol. The highest BCUT2D eigenvalue weighted by Gasteiger charge is 2.36. The number of nitrogens with zero attached hydrogens (tertiary/aromatic N) is 1. The fourth-order valence-corrected chi connectivity index (χ4v) is 3.19. The second-order valence-electron chi connectivity index (χ2n) is 7.14. The van der Waals surface area contributed by atoms with Gasteiger partial charge in [-0.15, -0.1) is 0 Å². The monoisotopic (exact) mass is 409 g/mol. The number of hydrazine groups is 1. The Bertz CT molecular complexity index is 954. The Morgan fingerprint density at radius 3 is 2.37 bits per heavy atom. The summed E-state index contributed by atoms with van der Waals surface area (Å²) in [5.74, 6) is -2.69. The lowest BCUT2D eigenvalue weighted by Crippen LogP contribution is -2.43. The quantitative estimate of drug-likeness (QED) is 0.710. The van der Waals surface area contributed by atoms with E-state index in [1.54, 1.807) is 30.3 Å². The fourth-order valence-electron chi connectivity index (χ4n) is 3.19. The maximum atomic E-state index is 12.3. The number of carbonyl (C=O) groups is 4. The Morgan fingerprint density at radius 2 is 1.70 bits per heavy atom. The van der Waals surface area contributed by atoms with E-state index in [0.717, 1.165) is 16.1 Å². The number of carbonyl (C=O) groups excluding carboxylic acids is 4. The molecule has 1 heterocycles. The average Bonchev–Trinajstić information content (AvgIpc) is 3.10. The zero-order valence-electron chi connectivity index (χ0n) is 16.8. The van der Waals surface area contributed by atoms with E-state index in [1.807, 2.05) is 32.0 Å². The maximum absolute atomic E-state index is 12.3. The number of benzene rings is 2. The van der Waals surface area contributed by atoms with Crippen LogP contribution in [-0.4, -0.2) is 41.9 Å². The lowest BCUT2D eigenvalue weighted by Gasteiger charge is -2.17. The summed E-state index contributed by atoms with van der Waals surface area (Å²) in [5.41, 5.74) is 5.39. The molecule has 8 heteroatoms. The van der Waals surface area contributed by atoms with E-state index in [9.17, 15) is 19.2 Å². The predicted octanol–water partition coefficient (Wildman–Crippen LogP) is 1.98. The third-order valence-electron chi connectivity index (χ3n) is 4.82. The molecule has 0 spiro atoms. The predicted molar refractivity (Wildman–Crippen MR) is 109 cm³/mol. The van der Waals surface area contributed by atoms with Gasteiger partial charge in [0.25, 0.3) is 11.8 Å². The van der Waals surface area contributed by atoms with Gasteiger partial charge < -0.3 is 10.1 Å². The molecule has 1 atom stereocenters. The molecule has 0 aromatic heterocycles. The number of anilines is 1. The average molecular weight is 409 g/mol. The third kappa shape index (κ3) is 5.02.